The summed E-state index contributed by atoms with van der Waals surface area (Å²) >= 11 is 0. The van der Waals surface area contributed by atoms with Gasteiger partial charge < -0.3 is 4.74 Å². The predicted octanol–water partition coefficient (Wildman–Crippen LogP) is 8.47. The number of ether oxygens (including phenoxy) is 1. The third-order valence-corrected chi connectivity index (χ3v) is 5.57. The summed E-state index contributed by atoms with van der Waals surface area (Å²) < 4.78 is 5.65. The van der Waals surface area contributed by atoms with Crippen molar-refractivity contribution >= 4 is 5.97 Å². The van der Waals surface area contributed by atoms with Crippen LogP contribution >= 0.6 is 0 Å². The van der Waals surface area contributed by atoms with Gasteiger partial charge in [0.2, 0.25) is 0 Å². The third-order valence-electron chi connectivity index (χ3n) is 5.57. The first-order valence-corrected chi connectivity index (χ1v) is 12.3. The average Bonchev–Trinajstić information content (AvgIpc) is 2.64. The van der Waals surface area contributed by atoms with Gasteiger partial charge in [0.25, 0.3) is 0 Å². The number of unbranched alkanes of at least 4 members (excludes halogenated alkanes) is 10. The van der Waals surface area contributed by atoms with E-state index in [9.17, 15) is 4.79 Å². The van der Waals surface area contributed by atoms with Crippen molar-refractivity contribution in [1.82, 2.24) is 0 Å². The van der Waals surface area contributed by atoms with Crippen LogP contribution in [0.15, 0.2) is 0 Å². The van der Waals surface area contributed by atoms with Crippen molar-refractivity contribution in [2.24, 2.45) is 11.8 Å². The monoisotopic (exact) mass is 382 g/mol. The van der Waals surface area contributed by atoms with Crippen LogP contribution in [0.3, 0.4) is 0 Å². The van der Waals surface area contributed by atoms with Crippen molar-refractivity contribution in [3.63, 3.8) is 0 Å². The maximum atomic E-state index is 12.0. The number of hydrogen-bond acceptors (Lipinski definition) is 2. The number of hydrogen-bond donors (Lipinski definition) is 0. The predicted molar refractivity (Wildman–Crippen MR) is 119 cm³/mol. The van der Waals surface area contributed by atoms with Gasteiger partial charge in [-0.2, -0.15) is 0 Å². The smallest absolute Gasteiger partial charge is 0.305 e. The van der Waals surface area contributed by atoms with Gasteiger partial charge in [-0.3, -0.25) is 4.79 Å². The maximum absolute atomic E-state index is 12.0. The molecular weight excluding hydrogens is 332 g/mol. The molecule has 0 heterocycles. The highest BCUT2D eigenvalue weighted by atomic mass is 16.5. The number of esters is 1. The van der Waals surface area contributed by atoms with E-state index in [1.807, 2.05) is 0 Å². The van der Waals surface area contributed by atoms with E-state index in [1.165, 1.54) is 89.9 Å². The highest BCUT2D eigenvalue weighted by Crippen LogP contribution is 2.20. The van der Waals surface area contributed by atoms with Crippen molar-refractivity contribution in [1.29, 1.82) is 0 Å². The van der Waals surface area contributed by atoms with E-state index >= 15 is 0 Å². The Morgan fingerprint density at radius 1 is 0.667 bits per heavy atom. The molecule has 2 heteroatoms. The minimum Gasteiger partial charge on any atom is -0.465 e. The fourth-order valence-corrected chi connectivity index (χ4v) is 3.67. The first-order valence-electron chi connectivity index (χ1n) is 12.3. The Morgan fingerprint density at radius 2 is 1.15 bits per heavy atom. The molecule has 0 saturated heterocycles. The van der Waals surface area contributed by atoms with Crippen LogP contribution in [0.1, 0.15) is 137 Å². The topological polar surface area (TPSA) is 26.3 Å². The molecule has 0 N–H and O–H groups in total. The Balaban J connectivity index is 3.93. The van der Waals surface area contributed by atoms with Gasteiger partial charge in [-0.25, -0.2) is 0 Å². The lowest BCUT2D eigenvalue weighted by Gasteiger charge is -2.17. The summed E-state index contributed by atoms with van der Waals surface area (Å²) in [5, 5.41) is 0. The fourth-order valence-electron chi connectivity index (χ4n) is 3.67. The van der Waals surface area contributed by atoms with Crippen molar-refractivity contribution < 1.29 is 9.53 Å². The van der Waals surface area contributed by atoms with Gasteiger partial charge >= 0.3 is 5.97 Å². The molecule has 0 fully saturated rings. The average molecular weight is 383 g/mol. The van der Waals surface area contributed by atoms with E-state index in [1.54, 1.807) is 0 Å². The van der Waals surface area contributed by atoms with Gasteiger partial charge in [-0.15, -0.1) is 0 Å². The first-order chi connectivity index (χ1) is 13.1. The summed E-state index contributed by atoms with van der Waals surface area (Å²) in [7, 11) is 0. The zero-order valence-corrected chi connectivity index (χ0v) is 19.2. The number of rotatable bonds is 20. The SMILES string of the molecule is CCCCCCCC[C@@H](CCCCCC)COC(=O)CCCCCC(C)C. The second-order valence-corrected chi connectivity index (χ2v) is 8.95. The molecule has 0 aromatic carbocycles. The zero-order chi connectivity index (χ0) is 20.2. The molecule has 0 aliphatic heterocycles. The molecule has 0 aromatic rings. The standard InChI is InChI=1S/C25H50O2/c1-5-7-9-11-12-16-20-24(19-15-10-8-6-2)22-27-25(26)21-17-13-14-18-23(3)4/h23-24H,5-22H2,1-4H3/t24-/m1/s1. The van der Waals surface area contributed by atoms with Gasteiger partial charge in [-0.05, 0) is 31.1 Å². The van der Waals surface area contributed by atoms with Gasteiger partial charge in [0.15, 0.2) is 0 Å². The van der Waals surface area contributed by atoms with E-state index in [0.29, 0.717) is 18.9 Å². The second kappa shape index (κ2) is 20.2. The Kier molecular flexibility index (Phi) is 19.8. The molecule has 0 spiro atoms. The maximum Gasteiger partial charge on any atom is 0.305 e. The second-order valence-electron chi connectivity index (χ2n) is 8.95. The Bertz CT molecular complexity index is 311. The Hall–Kier alpha value is -0.530. The van der Waals surface area contributed by atoms with Crippen LogP contribution in [-0.4, -0.2) is 12.6 Å². The van der Waals surface area contributed by atoms with E-state index < -0.39 is 0 Å². The number of carbonyl (C=O) groups is 1. The minimum atomic E-state index is 0.0288. The van der Waals surface area contributed by atoms with Crippen molar-refractivity contribution in [2.75, 3.05) is 6.61 Å². The van der Waals surface area contributed by atoms with Crippen LogP contribution < -0.4 is 0 Å². The van der Waals surface area contributed by atoms with Crippen LogP contribution in [0.2, 0.25) is 0 Å². The van der Waals surface area contributed by atoms with Gasteiger partial charge in [-0.1, -0.05) is 111 Å². The normalized spacial score (nSPS) is 12.5. The molecule has 0 rings (SSSR count). The van der Waals surface area contributed by atoms with Crippen molar-refractivity contribution in [3.05, 3.63) is 0 Å². The molecule has 27 heavy (non-hydrogen) atoms. The first kappa shape index (κ1) is 26.5. The molecule has 0 aromatic heterocycles. The van der Waals surface area contributed by atoms with Crippen LogP contribution in [0.4, 0.5) is 0 Å². The fraction of sp³-hybridized carbons (Fsp3) is 0.960. The number of carbonyl (C=O) groups excluding carboxylic acids is 1. The summed E-state index contributed by atoms with van der Waals surface area (Å²) in [5.41, 5.74) is 0. The van der Waals surface area contributed by atoms with Crippen molar-refractivity contribution in [3.8, 4) is 0 Å². The molecule has 0 saturated carbocycles. The van der Waals surface area contributed by atoms with E-state index in [0.717, 1.165) is 18.8 Å². The summed E-state index contributed by atoms with van der Waals surface area (Å²) in [6.45, 7) is 9.71. The lowest BCUT2D eigenvalue weighted by molar-refractivity contribution is -0.145. The van der Waals surface area contributed by atoms with E-state index in [2.05, 4.69) is 27.7 Å². The molecule has 0 bridgehead atoms. The summed E-state index contributed by atoms with van der Waals surface area (Å²) in [4.78, 5) is 12.0. The van der Waals surface area contributed by atoms with Crippen LogP contribution in [0, 0.1) is 11.8 Å². The highest BCUT2D eigenvalue weighted by molar-refractivity contribution is 5.69. The third kappa shape index (κ3) is 20.0. The molecule has 0 amide bonds. The molecule has 0 unspecified atom stereocenters. The van der Waals surface area contributed by atoms with E-state index in [-0.39, 0.29) is 5.97 Å². The summed E-state index contributed by atoms with van der Waals surface area (Å²) in [6, 6.07) is 0. The lowest BCUT2D eigenvalue weighted by Crippen LogP contribution is -2.14. The Labute approximate surface area is 171 Å². The molecule has 2 nitrogen and oxygen atoms in total. The summed E-state index contributed by atoms with van der Waals surface area (Å²) in [6.07, 6.45) is 21.0. The van der Waals surface area contributed by atoms with Gasteiger partial charge in [0.1, 0.15) is 0 Å². The largest absolute Gasteiger partial charge is 0.465 e. The molecule has 0 aliphatic carbocycles. The molecule has 162 valence electrons. The highest BCUT2D eigenvalue weighted by Gasteiger charge is 2.12. The molecule has 0 aliphatic rings. The minimum absolute atomic E-state index is 0.0288. The van der Waals surface area contributed by atoms with Gasteiger partial charge in [0, 0.05) is 6.42 Å². The molecule has 1 atom stereocenters. The molecular formula is C25H50O2. The quantitative estimate of drug-likeness (QED) is 0.156. The van der Waals surface area contributed by atoms with E-state index in [4.69, 9.17) is 4.74 Å². The van der Waals surface area contributed by atoms with Crippen LogP contribution in [-0.2, 0) is 9.53 Å². The molecule has 0 radical (unpaired) electrons. The lowest BCUT2D eigenvalue weighted by atomic mass is 9.95. The van der Waals surface area contributed by atoms with Crippen molar-refractivity contribution in [2.45, 2.75) is 137 Å². The zero-order valence-electron chi connectivity index (χ0n) is 19.2. The van der Waals surface area contributed by atoms with Crippen LogP contribution in [0.25, 0.3) is 0 Å². The summed E-state index contributed by atoms with van der Waals surface area (Å²) in [5.74, 6) is 1.38. The van der Waals surface area contributed by atoms with Crippen LogP contribution in [0.5, 0.6) is 0 Å². The Morgan fingerprint density at radius 3 is 1.74 bits per heavy atom. The van der Waals surface area contributed by atoms with Gasteiger partial charge in [0.05, 0.1) is 6.61 Å².